The first kappa shape index (κ1) is 21.9. The van der Waals surface area contributed by atoms with Gasteiger partial charge in [-0.2, -0.15) is 0 Å². The zero-order valence-electron chi connectivity index (χ0n) is 17.4. The Labute approximate surface area is 186 Å². The lowest BCUT2D eigenvalue weighted by Gasteiger charge is -2.19. The highest BCUT2D eigenvalue weighted by molar-refractivity contribution is 7.80. The van der Waals surface area contributed by atoms with Crippen molar-refractivity contribution in [3.63, 3.8) is 0 Å². The number of hydrogen-bond acceptors (Lipinski definition) is 7. The lowest BCUT2D eigenvalue weighted by molar-refractivity contribution is -0.0281. The van der Waals surface area contributed by atoms with Gasteiger partial charge in [0, 0.05) is 41.4 Å². The minimum absolute atomic E-state index is 0.275. The van der Waals surface area contributed by atoms with E-state index in [1.54, 1.807) is 13.0 Å². The number of rotatable bonds is 4. The molecule has 4 N–H and O–H groups in total. The van der Waals surface area contributed by atoms with Gasteiger partial charge in [0.15, 0.2) is 5.11 Å². The van der Waals surface area contributed by atoms with Crippen molar-refractivity contribution in [1.82, 2.24) is 14.9 Å². The maximum Gasteiger partial charge on any atom is 0.336 e. The lowest BCUT2D eigenvalue weighted by atomic mass is 10.1. The van der Waals surface area contributed by atoms with E-state index in [1.165, 1.54) is 16.8 Å². The van der Waals surface area contributed by atoms with Crippen molar-refractivity contribution < 1.29 is 14.3 Å². The molecule has 1 aromatic carbocycles. The second-order valence-electron chi connectivity index (χ2n) is 7.69. The van der Waals surface area contributed by atoms with Crippen molar-refractivity contribution in [2.24, 2.45) is 0 Å². The number of nitrogens with zero attached hydrogens (tertiary/aromatic N) is 1. The predicted octanol–water partition coefficient (Wildman–Crippen LogP) is 0.895. The van der Waals surface area contributed by atoms with E-state index in [0.717, 1.165) is 10.9 Å². The van der Waals surface area contributed by atoms with E-state index in [4.69, 9.17) is 21.4 Å². The number of aromatic amines is 1. The molecule has 1 fully saturated rings. The van der Waals surface area contributed by atoms with Crippen LogP contribution in [-0.4, -0.2) is 38.5 Å². The Bertz CT molecular complexity index is 1360. The summed E-state index contributed by atoms with van der Waals surface area (Å²) in [6.07, 6.45) is 0.485. The summed E-state index contributed by atoms with van der Waals surface area (Å²) in [5.41, 5.74) is 0.776. The molecule has 1 saturated heterocycles. The van der Waals surface area contributed by atoms with Gasteiger partial charge in [0.25, 0.3) is 5.56 Å². The monoisotopic (exact) mass is 458 g/mol. The Kier molecular flexibility index (Phi) is 5.96. The molecule has 3 aromatic rings. The number of aryl methyl sites for hydroxylation is 2. The number of aliphatic hydroxyl groups is 1. The van der Waals surface area contributed by atoms with Crippen LogP contribution in [0.2, 0.25) is 0 Å². The van der Waals surface area contributed by atoms with E-state index >= 15 is 0 Å². The van der Waals surface area contributed by atoms with Crippen molar-refractivity contribution in [3.8, 4) is 0 Å². The van der Waals surface area contributed by atoms with Crippen molar-refractivity contribution >= 4 is 34.0 Å². The number of thiocarbonyl (C=S) groups is 1. The molecule has 0 aliphatic carbocycles. The highest BCUT2D eigenvalue weighted by atomic mass is 32.1. The zero-order valence-corrected chi connectivity index (χ0v) is 18.2. The number of anilines is 1. The summed E-state index contributed by atoms with van der Waals surface area (Å²) in [5.74, 6) is 0. The van der Waals surface area contributed by atoms with E-state index < -0.39 is 29.2 Å². The van der Waals surface area contributed by atoms with Gasteiger partial charge in [-0.1, -0.05) is 0 Å². The fraction of sp³-hybridized carbons (Fsp3) is 0.333. The van der Waals surface area contributed by atoms with E-state index in [9.17, 15) is 19.5 Å². The van der Waals surface area contributed by atoms with Gasteiger partial charge < -0.3 is 24.9 Å². The van der Waals surface area contributed by atoms with Gasteiger partial charge in [0.2, 0.25) is 0 Å². The van der Waals surface area contributed by atoms with Crippen molar-refractivity contribution in [2.75, 3.05) is 11.9 Å². The van der Waals surface area contributed by atoms with E-state index in [2.05, 4.69) is 15.6 Å². The third kappa shape index (κ3) is 4.35. The molecule has 1 aliphatic rings. The van der Waals surface area contributed by atoms with Crippen molar-refractivity contribution in [3.05, 3.63) is 72.8 Å². The molecule has 11 heteroatoms. The highest BCUT2D eigenvalue weighted by Gasteiger charge is 2.36. The minimum atomic E-state index is -0.673. The van der Waals surface area contributed by atoms with Crippen LogP contribution in [0.4, 0.5) is 5.69 Å². The van der Waals surface area contributed by atoms with Crippen LogP contribution in [0, 0.1) is 13.8 Å². The Balaban J connectivity index is 1.48. The van der Waals surface area contributed by atoms with Gasteiger partial charge in [-0.15, -0.1) is 0 Å². The number of hydrogen-bond donors (Lipinski definition) is 4. The average molecular weight is 458 g/mol. The second kappa shape index (κ2) is 8.69. The number of ether oxygens (including phenoxy) is 1. The number of aliphatic hydroxyl groups excluding tert-OH is 1. The van der Waals surface area contributed by atoms with E-state index in [1.807, 2.05) is 19.1 Å². The summed E-state index contributed by atoms with van der Waals surface area (Å²) in [4.78, 5) is 37.7. The van der Waals surface area contributed by atoms with Gasteiger partial charge in [-0.25, -0.2) is 9.59 Å². The van der Waals surface area contributed by atoms with Gasteiger partial charge >= 0.3 is 11.3 Å². The molecule has 0 saturated carbocycles. The fourth-order valence-electron chi connectivity index (χ4n) is 3.76. The molecular formula is C21H22N4O6S. The number of benzene rings is 1. The molecule has 0 spiro atoms. The van der Waals surface area contributed by atoms with Gasteiger partial charge in [0.05, 0.1) is 12.6 Å². The maximum absolute atomic E-state index is 12.2. The lowest BCUT2D eigenvalue weighted by Crippen LogP contribution is -2.43. The molecular weight excluding hydrogens is 436 g/mol. The van der Waals surface area contributed by atoms with Crippen LogP contribution in [0.5, 0.6) is 0 Å². The first-order chi connectivity index (χ1) is 15.2. The summed E-state index contributed by atoms with van der Waals surface area (Å²) >= 11 is 5.40. The van der Waals surface area contributed by atoms with Crippen LogP contribution in [0.1, 0.15) is 23.8 Å². The normalized spacial score (nSPS) is 20.4. The SMILES string of the molecule is Cc1cn([C@H]2C[C@H](NC(=S)Nc3ccc4c(C)cc(=O)oc4c3)[C@@H](CO)O2)c(=O)[nH]c1=O. The Morgan fingerprint density at radius 3 is 2.78 bits per heavy atom. The quantitative estimate of drug-likeness (QED) is 0.332. The number of fused-ring (bicyclic) bond motifs is 1. The molecule has 2 aromatic heterocycles. The van der Waals surface area contributed by atoms with Crippen LogP contribution in [0.15, 0.2) is 49.3 Å². The molecule has 0 unspecified atom stereocenters. The third-order valence-corrected chi connectivity index (χ3v) is 5.62. The molecule has 10 nitrogen and oxygen atoms in total. The van der Waals surface area contributed by atoms with Gasteiger partial charge in [-0.05, 0) is 43.8 Å². The minimum Gasteiger partial charge on any atom is -0.423 e. The van der Waals surface area contributed by atoms with Crippen molar-refractivity contribution in [2.45, 2.75) is 38.6 Å². The molecule has 0 radical (unpaired) electrons. The molecule has 0 amide bonds. The molecule has 4 rings (SSSR count). The number of nitrogens with one attached hydrogen (secondary N) is 3. The Morgan fingerprint density at radius 2 is 2.03 bits per heavy atom. The molecule has 32 heavy (non-hydrogen) atoms. The predicted molar refractivity (Wildman–Crippen MR) is 122 cm³/mol. The molecule has 3 atom stereocenters. The zero-order chi connectivity index (χ0) is 23.0. The summed E-state index contributed by atoms with van der Waals surface area (Å²) < 4.78 is 12.4. The van der Waals surface area contributed by atoms with Crippen LogP contribution >= 0.6 is 12.2 Å². The first-order valence-electron chi connectivity index (χ1n) is 9.95. The standard InChI is InChI=1S/C21H22N4O6S/c1-10-5-18(27)31-15-6-12(3-4-13(10)15)22-20(32)23-14-7-17(30-16(14)9-26)25-8-11(2)19(28)24-21(25)29/h3-6,8,14,16-17,26H,7,9H2,1-2H3,(H2,22,23,32)(H,24,28,29)/t14-,16+,17+/m0/s1. The van der Waals surface area contributed by atoms with Crippen LogP contribution in [-0.2, 0) is 4.74 Å². The highest BCUT2D eigenvalue weighted by Crippen LogP contribution is 2.28. The number of aromatic nitrogens is 2. The summed E-state index contributed by atoms with van der Waals surface area (Å²) in [6.45, 7) is 3.14. The third-order valence-electron chi connectivity index (χ3n) is 5.40. The van der Waals surface area contributed by atoms with E-state index in [0.29, 0.717) is 23.3 Å². The smallest absolute Gasteiger partial charge is 0.336 e. The Morgan fingerprint density at radius 1 is 1.25 bits per heavy atom. The summed E-state index contributed by atoms with van der Waals surface area (Å²) in [5, 5.41) is 17.0. The fourth-order valence-corrected chi connectivity index (χ4v) is 4.03. The van der Waals surface area contributed by atoms with Crippen molar-refractivity contribution in [1.29, 1.82) is 0 Å². The van der Waals surface area contributed by atoms with Gasteiger partial charge in [-0.3, -0.25) is 14.3 Å². The summed E-state index contributed by atoms with van der Waals surface area (Å²) in [7, 11) is 0. The molecule has 0 bridgehead atoms. The van der Waals surface area contributed by atoms with Crippen LogP contribution < -0.4 is 27.5 Å². The van der Waals surface area contributed by atoms with Crippen LogP contribution in [0.25, 0.3) is 11.0 Å². The van der Waals surface area contributed by atoms with Crippen LogP contribution in [0.3, 0.4) is 0 Å². The topological polar surface area (TPSA) is 139 Å². The summed E-state index contributed by atoms with van der Waals surface area (Å²) in [6, 6.07) is 6.36. The Hall–Kier alpha value is -3.28. The average Bonchev–Trinajstić information content (AvgIpc) is 3.12. The van der Waals surface area contributed by atoms with E-state index in [-0.39, 0.29) is 17.8 Å². The molecule has 168 valence electrons. The largest absolute Gasteiger partial charge is 0.423 e. The van der Waals surface area contributed by atoms with Gasteiger partial charge in [0.1, 0.15) is 17.9 Å². The molecule has 1 aliphatic heterocycles. The number of H-pyrrole nitrogens is 1. The first-order valence-corrected chi connectivity index (χ1v) is 10.4. The molecule has 3 heterocycles. The maximum atomic E-state index is 12.2. The second-order valence-corrected chi connectivity index (χ2v) is 8.10.